The van der Waals surface area contributed by atoms with Gasteiger partial charge in [0.05, 0.1) is 5.01 Å². The minimum absolute atomic E-state index is 0.885. The minimum Gasteiger partial charge on any atom is -0.316 e. The van der Waals surface area contributed by atoms with Crippen LogP contribution in [-0.2, 0) is 6.54 Å². The molecule has 0 aromatic carbocycles. The number of nitrogens with one attached hydrogen (secondary N) is 1. The van der Waals surface area contributed by atoms with Crippen LogP contribution in [0.25, 0.3) is 0 Å². The van der Waals surface area contributed by atoms with Gasteiger partial charge in [-0.25, -0.2) is 4.98 Å². The molecular formula is C14H25N3S. The Bertz CT molecular complexity index is 343. The number of rotatable bonds is 6. The van der Waals surface area contributed by atoms with E-state index in [1.807, 2.05) is 17.5 Å². The van der Waals surface area contributed by atoms with Crippen molar-refractivity contribution in [3.8, 4) is 0 Å². The molecule has 0 aliphatic carbocycles. The van der Waals surface area contributed by atoms with Crippen LogP contribution in [0.5, 0.6) is 0 Å². The summed E-state index contributed by atoms with van der Waals surface area (Å²) in [5, 5.41) is 4.73. The summed E-state index contributed by atoms with van der Waals surface area (Å²) >= 11 is 1.83. The molecule has 0 amide bonds. The largest absolute Gasteiger partial charge is 0.316 e. The fraction of sp³-hybridized carbons (Fsp3) is 0.786. The molecule has 0 spiro atoms. The fourth-order valence-corrected chi connectivity index (χ4v) is 3.37. The van der Waals surface area contributed by atoms with Crippen molar-refractivity contribution in [2.75, 3.05) is 26.2 Å². The van der Waals surface area contributed by atoms with E-state index in [-0.39, 0.29) is 0 Å². The first-order chi connectivity index (χ1) is 8.78. The highest BCUT2D eigenvalue weighted by molar-refractivity contribution is 7.11. The van der Waals surface area contributed by atoms with Crippen molar-refractivity contribution in [1.29, 1.82) is 0 Å². The van der Waals surface area contributed by atoms with E-state index in [2.05, 4.69) is 29.0 Å². The molecule has 2 heterocycles. The van der Waals surface area contributed by atoms with Gasteiger partial charge in [0.2, 0.25) is 0 Å². The van der Waals surface area contributed by atoms with Gasteiger partial charge in [-0.15, -0.1) is 11.3 Å². The molecule has 0 saturated carbocycles. The number of nitrogens with zero attached hydrogens (tertiary/aromatic N) is 2. The van der Waals surface area contributed by atoms with E-state index >= 15 is 0 Å². The van der Waals surface area contributed by atoms with Crippen molar-refractivity contribution in [2.45, 2.75) is 39.7 Å². The number of piperidine rings is 1. The summed E-state index contributed by atoms with van der Waals surface area (Å²) in [4.78, 5) is 8.31. The van der Waals surface area contributed by atoms with E-state index in [0.29, 0.717) is 0 Å². The van der Waals surface area contributed by atoms with Crippen LogP contribution >= 0.6 is 11.3 Å². The normalized spacial score (nSPS) is 18.3. The Balaban J connectivity index is 1.67. The Kier molecular flexibility index (Phi) is 5.60. The summed E-state index contributed by atoms with van der Waals surface area (Å²) in [5.74, 6) is 0.885. The Hall–Kier alpha value is -0.450. The number of aromatic nitrogens is 1. The van der Waals surface area contributed by atoms with Gasteiger partial charge in [0.25, 0.3) is 0 Å². The van der Waals surface area contributed by atoms with E-state index in [9.17, 15) is 0 Å². The van der Waals surface area contributed by atoms with Crippen LogP contribution in [0.15, 0.2) is 6.20 Å². The lowest BCUT2D eigenvalue weighted by molar-refractivity contribution is 0.177. The Morgan fingerprint density at radius 2 is 2.22 bits per heavy atom. The topological polar surface area (TPSA) is 28.2 Å². The smallest absolute Gasteiger partial charge is 0.0897 e. The van der Waals surface area contributed by atoms with Crippen LogP contribution in [0.1, 0.15) is 36.1 Å². The Labute approximate surface area is 115 Å². The van der Waals surface area contributed by atoms with Crippen molar-refractivity contribution in [1.82, 2.24) is 15.2 Å². The highest BCUT2D eigenvalue weighted by atomic mass is 32.1. The van der Waals surface area contributed by atoms with Gasteiger partial charge in [-0.2, -0.15) is 0 Å². The summed E-state index contributed by atoms with van der Waals surface area (Å²) in [6.45, 7) is 10.3. The summed E-state index contributed by atoms with van der Waals surface area (Å²) in [6, 6.07) is 0. The van der Waals surface area contributed by atoms with Gasteiger partial charge < -0.3 is 5.32 Å². The predicted molar refractivity (Wildman–Crippen MR) is 78.0 cm³/mol. The molecule has 0 atom stereocenters. The number of hydrogen-bond donors (Lipinski definition) is 1. The molecule has 102 valence electrons. The van der Waals surface area contributed by atoms with Gasteiger partial charge in [0.1, 0.15) is 0 Å². The van der Waals surface area contributed by atoms with E-state index in [1.165, 1.54) is 55.3 Å². The molecule has 0 unspecified atom stereocenters. The first-order valence-electron chi connectivity index (χ1n) is 7.12. The van der Waals surface area contributed by atoms with Crippen molar-refractivity contribution >= 4 is 11.3 Å². The molecule has 0 bridgehead atoms. The van der Waals surface area contributed by atoms with E-state index < -0.39 is 0 Å². The van der Waals surface area contributed by atoms with Gasteiger partial charge in [-0.05, 0) is 58.3 Å². The molecule has 1 aliphatic rings. The van der Waals surface area contributed by atoms with Crippen LogP contribution in [0, 0.1) is 12.8 Å². The van der Waals surface area contributed by atoms with Crippen LogP contribution < -0.4 is 5.32 Å². The average Bonchev–Trinajstić information content (AvgIpc) is 2.77. The highest BCUT2D eigenvalue weighted by Crippen LogP contribution is 2.20. The first-order valence-corrected chi connectivity index (χ1v) is 7.94. The quantitative estimate of drug-likeness (QED) is 0.803. The third-order valence-corrected chi connectivity index (χ3v) is 4.51. The zero-order valence-electron chi connectivity index (χ0n) is 11.6. The molecule has 0 radical (unpaired) electrons. The maximum Gasteiger partial charge on any atom is 0.0897 e. The van der Waals surface area contributed by atoms with E-state index in [1.54, 1.807) is 0 Å². The van der Waals surface area contributed by atoms with Gasteiger partial charge in [-0.1, -0.05) is 6.92 Å². The second kappa shape index (κ2) is 7.22. The monoisotopic (exact) mass is 267 g/mol. The third kappa shape index (κ3) is 4.34. The lowest BCUT2D eigenvalue weighted by Gasteiger charge is -2.31. The van der Waals surface area contributed by atoms with Gasteiger partial charge in [0, 0.05) is 17.6 Å². The lowest BCUT2D eigenvalue weighted by Crippen LogP contribution is -2.36. The van der Waals surface area contributed by atoms with Crippen LogP contribution in [0.2, 0.25) is 0 Å². The maximum absolute atomic E-state index is 4.33. The van der Waals surface area contributed by atoms with Crippen molar-refractivity contribution in [2.24, 2.45) is 5.92 Å². The molecule has 1 fully saturated rings. The molecule has 4 heteroatoms. The van der Waals surface area contributed by atoms with Crippen molar-refractivity contribution < 1.29 is 0 Å². The molecule has 3 nitrogen and oxygen atoms in total. The number of hydrogen-bond acceptors (Lipinski definition) is 4. The van der Waals surface area contributed by atoms with Crippen molar-refractivity contribution in [3.05, 3.63) is 16.1 Å². The zero-order chi connectivity index (χ0) is 12.8. The molecule has 18 heavy (non-hydrogen) atoms. The van der Waals surface area contributed by atoms with Gasteiger partial charge in [0.15, 0.2) is 0 Å². The molecule has 2 rings (SSSR count). The Morgan fingerprint density at radius 3 is 2.83 bits per heavy atom. The van der Waals surface area contributed by atoms with Crippen LogP contribution in [-0.4, -0.2) is 36.1 Å². The minimum atomic E-state index is 0.885. The standard InChI is InChI=1S/C14H25N3S/c1-3-6-15-9-13-4-7-17(8-5-13)11-14-10-16-12(2)18-14/h10,13,15H,3-9,11H2,1-2H3. The van der Waals surface area contributed by atoms with E-state index in [0.717, 1.165) is 12.5 Å². The summed E-state index contributed by atoms with van der Waals surface area (Å²) in [7, 11) is 0. The number of likely N-dealkylation sites (tertiary alicyclic amines) is 1. The second-order valence-electron chi connectivity index (χ2n) is 5.27. The summed E-state index contributed by atoms with van der Waals surface area (Å²) in [6.07, 6.45) is 5.96. The average molecular weight is 267 g/mol. The first kappa shape index (κ1) is 14.0. The third-order valence-electron chi connectivity index (χ3n) is 3.62. The predicted octanol–water partition coefficient (Wildman–Crippen LogP) is 2.66. The Morgan fingerprint density at radius 1 is 1.44 bits per heavy atom. The zero-order valence-corrected chi connectivity index (χ0v) is 12.4. The van der Waals surface area contributed by atoms with E-state index in [4.69, 9.17) is 0 Å². The lowest BCUT2D eigenvalue weighted by atomic mass is 9.97. The fourth-order valence-electron chi connectivity index (χ4n) is 2.53. The molecule has 1 aromatic heterocycles. The molecule has 1 aliphatic heterocycles. The van der Waals surface area contributed by atoms with Gasteiger partial charge >= 0.3 is 0 Å². The SMILES string of the molecule is CCCNCC1CCN(Cc2cnc(C)s2)CC1. The number of thiazole rings is 1. The molecular weight excluding hydrogens is 242 g/mol. The highest BCUT2D eigenvalue weighted by Gasteiger charge is 2.19. The van der Waals surface area contributed by atoms with Crippen LogP contribution in [0.4, 0.5) is 0 Å². The van der Waals surface area contributed by atoms with Crippen LogP contribution in [0.3, 0.4) is 0 Å². The maximum atomic E-state index is 4.33. The molecule has 1 saturated heterocycles. The second-order valence-corrected chi connectivity index (χ2v) is 6.59. The molecule has 1 aromatic rings. The summed E-state index contributed by atoms with van der Waals surface area (Å²) in [5.41, 5.74) is 0. The van der Waals surface area contributed by atoms with Crippen molar-refractivity contribution in [3.63, 3.8) is 0 Å². The summed E-state index contributed by atoms with van der Waals surface area (Å²) < 4.78 is 0. The molecule has 1 N–H and O–H groups in total. The van der Waals surface area contributed by atoms with Gasteiger partial charge in [-0.3, -0.25) is 4.90 Å². The number of aryl methyl sites for hydroxylation is 1.